The van der Waals surface area contributed by atoms with Crippen LogP contribution in [0.5, 0.6) is 0 Å². The molecule has 0 saturated heterocycles. The Morgan fingerprint density at radius 1 is 1.19 bits per heavy atom. The van der Waals surface area contributed by atoms with Crippen molar-refractivity contribution in [2.24, 2.45) is 5.16 Å². The largest absolute Gasteiger partial charge is 0.480 e. The van der Waals surface area contributed by atoms with Crippen molar-refractivity contribution in [3.63, 3.8) is 0 Å². The van der Waals surface area contributed by atoms with Gasteiger partial charge in [0.25, 0.3) is 5.91 Å². The van der Waals surface area contributed by atoms with E-state index in [9.17, 15) is 27.9 Å². The first-order valence-corrected chi connectivity index (χ1v) is 12.8. The molecule has 2 atom stereocenters. The van der Waals surface area contributed by atoms with Gasteiger partial charge in [0.05, 0.1) is 4.90 Å². The molecule has 1 aliphatic heterocycles. The number of aromatic amines is 1. The normalized spacial score (nSPS) is 15.9. The van der Waals surface area contributed by atoms with E-state index >= 15 is 0 Å². The number of oxime groups is 1. The molecule has 14 nitrogen and oxygen atoms in total. The van der Waals surface area contributed by atoms with Crippen LogP contribution in [0.4, 0.5) is 10.7 Å². The van der Waals surface area contributed by atoms with Crippen LogP contribution >= 0.6 is 0 Å². The number of carbonyl (C=O) groups is 3. The van der Waals surface area contributed by atoms with Gasteiger partial charge in [0.15, 0.2) is 0 Å². The average Bonchev–Trinajstić information content (AvgIpc) is 3.47. The number of hydrogen-bond acceptors (Lipinski definition) is 8. The number of H-pyrrole nitrogens is 1. The Labute approximate surface area is 213 Å². The lowest BCUT2D eigenvalue weighted by Crippen LogP contribution is -2.49. The summed E-state index contributed by atoms with van der Waals surface area (Å²) in [5, 5.41) is 20.8. The van der Waals surface area contributed by atoms with Crippen molar-refractivity contribution in [3.8, 4) is 0 Å². The molecule has 37 heavy (non-hydrogen) atoms. The summed E-state index contributed by atoms with van der Waals surface area (Å²) in [5.74, 6) is -1.84. The van der Waals surface area contributed by atoms with Crippen LogP contribution in [-0.4, -0.2) is 72.3 Å². The quantitative estimate of drug-likeness (QED) is 0.239. The van der Waals surface area contributed by atoms with E-state index in [0.29, 0.717) is 23.5 Å². The molecule has 3 rings (SSSR count). The number of rotatable bonds is 11. The third kappa shape index (κ3) is 7.50. The SMILES string of the molecule is Cc1cc(C)c(S(=O)(=O)N[C@@H](CNC(=O)C2=NOC(CCNC(=O)Nc3ncc[nH]3)C2)C(=O)O)c(C)c1. The summed E-state index contributed by atoms with van der Waals surface area (Å²) >= 11 is 0. The van der Waals surface area contributed by atoms with Crippen molar-refractivity contribution in [1.82, 2.24) is 25.3 Å². The number of carboxylic acid groups (broad SMARTS) is 1. The molecule has 0 saturated carbocycles. The van der Waals surface area contributed by atoms with Crippen molar-refractivity contribution in [2.75, 3.05) is 18.4 Å². The molecule has 0 spiro atoms. The lowest BCUT2D eigenvalue weighted by Gasteiger charge is -2.18. The van der Waals surface area contributed by atoms with Crippen LogP contribution < -0.4 is 20.7 Å². The van der Waals surface area contributed by atoms with Crippen LogP contribution in [0.2, 0.25) is 0 Å². The maximum absolute atomic E-state index is 12.9. The van der Waals surface area contributed by atoms with Gasteiger partial charge in [-0.15, -0.1) is 0 Å². The van der Waals surface area contributed by atoms with Crippen LogP contribution in [0.3, 0.4) is 0 Å². The highest BCUT2D eigenvalue weighted by molar-refractivity contribution is 7.89. The Morgan fingerprint density at radius 3 is 2.51 bits per heavy atom. The second kappa shape index (κ2) is 11.8. The van der Waals surface area contributed by atoms with Gasteiger partial charge in [-0.3, -0.25) is 14.9 Å². The molecule has 0 fully saturated rings. The van der Waals surface area contributed by atoms with E-state index < -0.39 is 46.6 Å². The lowest BCUT2D eigenvalue weighted by atomic mass is 10.1. The smallest absolute Gasteiger partial charge is 0.323 e. The number of carboxylic acids is 1. The Balaban J connectivity index is 1.48. The Bertz CT molecular complexity index is 1270. The van der Waals surface area contributed by atoms with Gasteiger partial charge in [0.2, 0.25) is 16.0 Å². The zero-order valence-electron chi connectivity index (χ0n) is 20.5. The van der Waals surface area contributed by atoms with Gasteiger partial charge in [0.1, 0.15) is 17.9 Å². The number of nitrogens with zero attached hydrogens (tertiary/aromatic N) is 2. The number of hydrogen-bond donors (Lipinski definition) is 6. The summed E-state index contributed by atoms with van der Waals surface area (Å²) in [6.45, 7) is 4.82. The third-order valence-corrected chi connectivity index (χ3v) is 7.19. The molecule has 1 aromatic heterocycles. The Hall–Kier alpha value is -3.98. The van der Waals surface area contributed by atoms with Crippen LogP contribution in [0.25, 0.3) is 0 Å². The first-order chi connectivity index (χ1) is 17.5. The Morgan fingerprint density at radius 2 is 1.89 bits per heavy atom. The van der Waals surface area contributed by atoms with Gasteiger partial charge >= 0.3 is 12.0 Å². The molecule has 0 bridgehead atoms. The zero-order chi connectivity index (χ0) is 27.2. The highest BCUT2D eigenvalue weighted by atomic mass is 32.2. The average molecular weight is 536 g/mol. The molecule has 2 heterocycles. The monoisotopic (exact) mass is 535 g/mol. The topological polar surface area (TPSA) is 204 Å². The van der Waals surface area contributed by atoms with Gasteiger partial charge in [-0.05, 0) is 31.9 Å². The van der Waals surface area contributed by atoms with Gasteiger partial charge < -0.3 is 25.6 Å². The van der Waals surface area contributed by atoms with E-state index in [4.69, 9.17) is 4.84 Å². The number of anilines is 1. The lowest BCUT2D eigenvalue weighted by molar-refractivity contribution is -0.138. The number of aliphatic carboxylic acids is 1. The molecule has 0 aliphatic carbocycles. The van der Waals surface area contributed by atoms with Crippen LogP contribution in [0.15, 0.2) is 34.6 Å². The van der Waals surface area contributed by atoms with Crippen molar-refractivity contribution in [2.45, 2.75) is 50.7 Å². The third-order valence-electron chi connectivity index (χ3n) is 5.41. The van der Waals surface area contributed by atoms with Gasteiger partial charge in [-0.25, -0.2) is 18.2 Å². The van der Waals surface area contributed by atoms with Gasteiger partial charge in [-0.2, -0.15) is 4.72 Å². The fraction of sp³-hybridized carbons (Fsp3) is 0.409. The minimum atomic E-state index is -4.17. The summed E-state index contributed by atoms with van der Waals surface area (Å²) in [6.07, 6.45) is 3.08. The Kier molecular flexibility index (Phi) is 8.83. The minimum absolute atomic E-state index is 0.00135. The maximum Gasteiger partial charge on any atom is 0.323 e. The number of urea groups is 1. The second-order valence-electron chi connectivity index (χ2n) is 8.53. The van der Waals surface area contributed by atoms with E-state index in [1.54, 1.807) is 32.2 Å². The zero-order valence-corrected chi connectivity index (χ0v) is 21.3. The summed E-state index contributed by atoms with van der Waals surface area (Å²) in [4.78, 5) is 47.8. The van der Waals surface area contributed by atoms with Crippen molar-refractivity contribution < 1.29 is 32.7 Å². The minimum Gasteiger partial charge on any atom is -0.480 e. The molecular formula is C22H29N7O7S. The molecule has 200 valence electrons. The summed E-state index contributed by atoms with van der Waals surface area (Å²) in [5.41, 5.74) is 1.87. The van der Waals surface area contributed by atoms with E-state index in [1.165, 1.54) is 6.20 Å². The second-order valence-corrected chi connectivity index (χ2v) is 10.2. The van der Waals surface area contributed by atoms with E-state index in [2.05, 4.69) is 35.8 Å². The maximum atomic E-state index is 12.9. The molecule has 3 amide bonds. The highest BCUT2D eigenvalue weighted by Crippen LogP contribution is 2.22. The van der Waals surface area contributed by atoms with Crippen molar-refractivity contribution in [3.05, 3.63) is 41.2 Å². The van der Waals surface area contributed by atoms with Crippen molar-refractivity contribution >= 4 is 39.6 Å². The summed E-state index contributed by atoms with van der Waals surface area (Å²) < 4.78 is 28.0. The standard InChI is InChI=1S/C22H29N7O7S/c1-12-8-13(2)18(14(3)9-12)37(34,35)29-17(20(31)32)11-26-19(30)16-10-15(36-28-16)4-5-25-22(33)27-21-23-6-7-24-21/h6-9,15,17,29H,4-5,10-11H2,1-3H3,(H,26,30)(H,31,32)(H3,23,24,25,27,33)/t15?,17-/m0/s1. The number of aromatic nitrogens is 2. The fourth-order valence-corrected chi connectivity index (χ4v) is 5.50. The van der Waals surface area contributed by atoms with E-state index in [1.807, 2.05) is 6.92 Å². The van der Waals surface area contributed by atoms with E-state index in [0.717, 1.165) is 5.56 Å². The molecule has 15 heteroatoms. The number of amides is 3. The fourth-order valence-electron chi connectivity index (χ4n) is 3.86. The van der Waals surface area contributed by atoms with Crippen molar-refractivity contribution in [1.29, 1.82) is 0 Å². The molecular weight excluding hydrogens is 506 g/mol. The highest BCUT2D eigenvalue weighted by Gasteiger charge is 2.30. The predicted octanol–water partition coefficient (Wildman–Crippen LogP) is 0.539. The summed E-state index contributed by atoms with van der Waals surface area (Å²) in [7, 11) is -4.17. The van der Waals surface area contributed by atoms with Crippen LogP contribution in [-0.2, 0) is 24.4 Å². The number of aryl methyl sites for hydroxylation is 3. The van der Waals surface area contributed by atoms with Gasteiger partial charge in [-0.1, -0.05) is 22.9 Å². The molecule has 0 radical (unpaired) electrons. The number of benzene rings is 1. The number of nitrogens with one attached hydrogen (secondary N) is 5. The first-order valence-electron chi connectivity index (χ1n) is 11.3. The van der Waals surface area contributed by atoms with Crippen LogP contribution in [0, 0.1) is 20.8 Å². The van der Waals surface area contributed by atoms with Gasteiger partial charge in [0, 0.05) is 38.3 Å². The molecule has 6 N–H and O–H groups in total. The molecule has 1 aromatic carbocycles. The van der Waals surface area contributed by atoms with E-state index in [-0.39, 0.29) is 23.6 Å². The first kappa shape index (κ1) is 27.6. The molecule has 1 unspecified atom stereocenters. The van der Waals surface area contributed by atoms with Crippen LogP contribution in [0.1, 0.15) is 29.5 Å². The molecule has 2 aromatic rings. The summed E-state index contributed by atoms with van der Waals surface area (Å²) in [6, 6.07) is 1.30. The number of sulfonamides is 1. The predicted molar refractivity (Wildman–Crippen MR) is 133 cm³/mol. The number of imidazole rings is 1. The molecule has 1 aliphatic rings. The number of carbonyl (C=O) groups excluding carboxylic acids is 2.